The minimum Gasteiger partial charge on any atom is -0.465 e. The van der Waals surface area contributed by atoms with Crippen LogP contribution in [0.3, 0.4) is 0 Å². The molecule has 1 aromatic rings. The van der Waals surface area contributed by atoms with Gasteiger partial charge >= 0.3 is 6.09 Å². The maximum atomic E-state index is 14.5. The van der Waals surface area contributed by atoms with E-state index in [2.05, 4.69) is 15.4 Å². The number of amides is 4. The molecule has 0 spiro atoms. The third-order valence-electron chi connectivity index (χ3n) is 11.0. The Kier molecular flexibility index (Phi) is 9.59. The number of hydrogen-bond acceptors (Lipinski definition) is 7. The Bertz CT molecular complexity index is 1620. The van der Waals surface area contributed by atoms with Gasteiger partial charge in [0.05, 0.1) is 17.8 Å². The van der Waals surface area contributed by atoms with Gasteiger partial charge in [-0.3, -0.25) is 24.0 Å². The molecule has 13 nitrogen and oxygen atoms in total. The van der Waals surface area contributed by atoms with E-state index in [9.17, 15) is 32.7 Å². The van der Waals surface area contributed by atoms with Crippen LogP contribution in [0.2, 0.25) is 5.02 Å². The molecule has 2 aliphatic heterocycles. The number of benzene rings is 1. The first kappa shape index (κ1) is 34.7. The highest BCUT2D eigenvalue weighted by Gasteiger charge is 2.62. The van der Waals surface area contributed by atoms with Crippen LogP contribution in [0.1, 0.15) is 88.3 Å². The summed E-state index contributed by atoms with van der Waals surface area (Å²) < 4.78 is 27.6. The monoisotopic (exact) mass is 722 g/mol. The predicted molar refractivity (Wildman–Crippen MR) is 181 cm³/mol. The number of rotatable bonds is 10. The number of likely N-dealkylation sites (tertiary alicyclic amines) is 1. The molecule has 4 amide bonds. The van der Waals surface area contributed by atoms with Crippen molar-refractivity contribution in [3.8, 4) is 0 Å². The van der Waals surface area contributed by atoms with E-state index in [0.29, 0.717) is 29.8 Å². The van der Waals surface area contributed by atoms with E-state index in [1.807, 2.05) is 13.0 Å². The second-order valence-electron chi connectivity index (χ2n) is 14.0. The summed E-state index contributed by atoms with van der Waals surface area (Å²) in [6.07, 6.45) is 5.19. The summed E-state index contributed by atoms with van der Waals surface area (Å²) in [6.45, 7) is 1.99. The van der Waals surface area contributed by atoms with Crippen LogP contribution in [0.5, 0.6) is 0 Å². The van der Waals surface area contributed by atoms with Gasteiger partial charge < -0.3 is 26.4 Å². The number of sulfonamides is 1. The lowest BCUT2D eigenvalue weighted by Gasteiger charge is -2.35. The van der Waals surface area contributed by atoms with Gasteiger partial charge in [0.1, 0.15) is 17.6 Å². The molecule has 6 rings (SSSR count). The average molecular weight is 723 g/mol. The molecule has 1 saturated heterocycles. The number of carbonyl (C=O) groups excluding carboxylic acids is 3. The van der Waals surface area contributed by atoms with E-state index in [1.165, 1.54) is 9.80 Å². The molecular formula is C32H43ClN6O7S2. The largest absolute Gasteiger partial charge is 0.465 e. The molecule has 0 bridgehead atoms. The van der Waals surface area contributed by atoms with Gasteiger partial charge in [-0.15, -0.1) is 0 Å². The minimum atomic E-state index is -3.86. The second kappa shape index (κ2) is 13.3. The first-order valence-corrected chi connectivity index (χ1v) is 19.1. The average Bonchev–Trinajstić information content (AvgIpc) is 3.94. The van der Waals surface area contributed by atoms with Crippen LogP contribution in [0.4, 0.5) is 4.79 Å². The quantitative estimate of drug-likeness (QED) is 0.225. The Labute approximate surface area is 290 Å². The predicted octanol–water partition coefficient (Wildman–Crippen LogP) is 2.77. The van der Waals surface area contributed by atoms with Gasteiger partial charge in [-0.25, -0.2) is 13.2 Å². The summed E-state index contributed by atoms with van der Waals surface area (Å²) in [4.78, 5) is 57.6. The van der Waals surface area contributed by atoms with Crippen molar-refractivity contribution in [1.29, 1.82) is 0 Å². The Morgan fingerprint density at radius 3 is 2.44 bits per heavy atom. The Morgan fingerprint density at radius 2 is 1.83 bits per heavy atom. The molecule has 6 N–H and O–H groups in total. The van der Waals surface area contributed by atoms with Crippen molar-refractivity contribution < 1.29 is 32.7 Å². The number of fused-ring (bicyclic) bond motifs is 1. The van der Waals surface area contributed by atoms with Crippen LogP contribution in [-0.4, -0.2) is 81.7 Å². The molecule has 4 fully saturated rings. The van der Waals surface area contributed by atoms with Crippen molar-refractivity contribution in [1.82, 2.24) is 25.2 Å². The number of carboxylic acid groups (broad SMARTS) is 1. The minimum absolute atomic E-state index is 0.0386. The fraction of sp³-hybridized carbons (Fsp3) is 0.656. The van der Waals surface area contributed by atoms with Crippen molar-refractivity contribution in [2.24, 2.45) is 23.5 Å². The molecule has 262 valence electrons. The molecule has 5 aliphatic rings. The highest BCUT2D eigenvalue weighted by Crippen LogP contribution is 2.49. The summed E-state index contributed by atoms with van der Waals surface area (Å²) in [7, 11) is -3.86. The lowest BCUT2D eigenvalue weighted by Crippen LogP contribution is -2.59. The van der Waals surface area contributed by atoms with Gasteiger partial charge in [0, 0.05) is 17.5 Å². The number of nitrogens with zero attached hydrogens (tertiary/aromatic N) is 2. The maximum Gasteiger partial charge on any atom is 0.408 e. The smallest absolute Gasteiger partial charge is 0.408 e. The van der Waals surface area contributed by atoms with Gasteiger partial charge in [-0.05, 0) is 79.8 Å². The second-order valence-corrected chi connectivity index (χ2v) is 16.8. The van der Waals surface area contributed by atoms with Crippen LogP contribution in [0.25, 0.3) is 0 Å². The van der Waals surface area contributed by atoms with E-state index < -0.39 is 62.8 Å². The zero-order chi connectivity index (χ0) is 34.5. The van der Waals surface area contributed by atoms with E-state index in [-0.39, 0.29) is 48.8 Å². The van der Waals surface area contributed by atoms with E-state index in [0.717, 1.165) is 37.7 Å². The number of thiocarbonyl (C=S) groups is 1. The molecule has 3 aliphatic carbocycles. The molecule has 0 aromatic heterocycles. The lowest BCUT2D eigenvalue weighted by atomic mass is 9.83. The summed E-state index contributed by atoms with van der Waals surface area (Å²) in [5.41, 5.74) is 5.88. The molecule has 16 heteroatoms. The summed E-state index contributed by atoms with van der Waals surface area (Å²) in [6, 6.07) is 2.75. The van der Waals surface area contributed by atoms with Crippen molar-refractivity contribution >= 4 is 62.8 Å². The van der Waals surface area contributed by atoms with Crippen molar-refractivity contribution in [2.75, 3.05) is 6.54 Å². The van der Waals surface area contributed by atoms with Crippen LogP contribution in [0, 0.1) is 17.8 Å². The first-order valence-electron chi connectivity index (χ1n) is 16.8. The normalized spacial score (nSPS) is 29.1. The third-order valence-corrected chi connectivity index (χ3v) is 13.3. The van der Waals surface area contributed by atoms with E-state index >= 15 is 0 Å². The molecular weight excluding hydrogens is 680 g/mol. The number of halogens is 1. The van der Waals surface area contributed by atoms with Crippen molar-refractivity contribution in [3.05, 3.63) is 34.3 Å². The van der Waals surface area contributed by atoms with Crippen LogP contribution in [-0.2, 0) is 31.0 Å². The third kappa shape index (κ3) is 6.57. The molecule has 6 atom stereocenters. The maximum absolute atomic E-state index is 14.5. The zero-order valence-electron chi connectivity index (χ0n) is 26.8. The first-order chi connectivity index (χ1) is 22.8. The fourth-order valence-corrected chi connectivity index (χ4v) is 9.95. The Hall–Kier alpha value is -3.17. The lowest BCUT2D eigenvalue weighted by molar-refractivity contribution is -0.142. The number of hydrogen-bond donors (Lipinski definition) is 5. The molecule has 2 unspecified atom stereocenters. The van der Waals surface area contributed by atoms with E-state index in [4.69, 9.17) is 29.6 Å². The van der Waals surface area contributed by atoms with E-state index in [1.54, 1.807) is 12.1 Å². The number of nitrogens with two attached hydrogens (primary N) is 1. The van der Waals surface area contributed by atoms with Crippen LogP contribution in [0.15, 0.2) is 18.2 Å². The molecule has 2 heterocycles. The van der Waals surface area contributed by atoms with Crippen molar-refractivity contribution in [2.45, 2.75) is 107 Å². The van der Waals surface area contributed by atoms with Gasteiger partial charge in [0.15, 0.2) is 5.11 Å². The van der Waals surface area contributed by atoms with Crippen LogP contribution >= 0.6 is 23.8 Å². The fourth-order valence-electron chi connectivity index (χ4n) is 8.22. The summed E-state index contributed by atoms with van der Waals surface area (Å²) in [5.74, 6) is -2.58. The SMILES string of the molecule is CC[C@@H]1C[C@]1(NC(=O)[C@@H]1C[C@@H](C2c3cccc(Cl)c3CN2C(=O)O)CN1C(=O)C(NC(N)=S)C1CCCCC1)C(=O)NS(=O)(=O)C1CC1. The highest BCUT2D eigenvalue weighted by molar-refractivity contribution is 7.91. The van der Waals surface area contributed by atoms with Gasteiger partial charge in [0.2, 0.25) is 21.8 Å². The van der Waals surface area contributed by atoms with Crippen molar-refractivity contribution in [3.63, 3.8) is 0 Å². The van der Waals surface area contributed by atoms with Gasteiger partial charge in [0.25, 0.3) is 5.91 Å². The Morgan fingerprint density at radius 1 is 1.12 bits per heavy atom. The number of nitrogens with one attached hydrogen (secondary N) is 3. The summed E-state index contributed by atoms with van der Waals surface area (Å²) in [5, 5.41) is 15.9. The molecule has 1 aromatic carbocycles. The summed E-state index contributed by atoms with van der Waals surface area (Å²) >= 11 is 11.7. The standard InChI is InChI=1S/C32H43ClN6O7S2/c1-2-19-14-32(19,29(42)37-48(45,46)20-11-12-20)36-27(40)24-13-18(26-21-9-6-10-23(33)22(21)16-39(26)31(43)44)15-38(24)28(41)25(35-30(34)47)17-7-4-3-5-8-17/h6,9-10,17-20,24-26H,2-5,7-8,11-16H2,1H3,(H,36,40)(H,37,42)(H,43,44)(H3,34,35,47)/t18-,19-,24+,25?,26?,32-/m1/s1. The Balaban J connectivity index is 1.32. The van der Waals surface area contributed by atoms with Gasteiger partial charge in [-0.2, -0.15) is 0 Å². The highest BCUT2D eigenvalue weighted by atomic mass is 35.5. The topological polar surface area (TPSA) is 191 Å². The number of carbonyl (C=O) groups is 4. The molecule has 0 radical (unpaired) electrons. The molecule has 3 saturated carbocycles. The molecule has 48 heavy (non-hydrogen) atoms. The zero-order valence-corrected chi connectivity index (χ0v) is 29.2. The van der Waals surface area contributed by atoms with Gasteiger partial charge in [-0.1, -0.05) is 56.3 Å². The van der Waals surface area contributed by atoms with Crippen LogP contribution < -0.4 is 21.1 Å².